The summed E-state index contributed by atoms with van der Waals surface area (Å²) in [5, 5.41) is 10.4. The van der Waals surface area contributed by atoms with Crippen LogP contribution in [0.4, 0.5) is 0 Å². The molecule has 0 fully saturated rings. The van der Waals surface area contributed by atoms with Gasteiger partial charge in [-0.2, -0.15) is 0 Å². The highest BCUT2D eigenvalue weighted by atomic mass is 35.5. The van der Waals surface area contributed by atoms with Gasteiger partial charge in [-0.1, -0.05) is 41.4 Å². The van der Waals surface area contributed by atoms with Crippen LogP contribution in [0.3, 0.4) is 0 Å². The number of carbonyl (C=O) groups is 1. The monoisotopic (exact) mass is 280 g/mol. The molecule has 0 aliphatic heterocycles. The smallest absolute Gasteiger partial charge is 0.336 e. The van der Waals surface area contributed by atoms with Crippen molar-refractivity contribution in [2.45, 2.75) is 6.92 Å². The average Bonchev–Trinajstić information content (AvgIpc) is 2.33. The molecule has 0 bridgehead atoms. The average molecular weight is 281 g/mol. The van der Waals surface area contributed by atoms with E-state index in [2.05, 4.69) is 0 Å². The van der Waals surface area contributed by atoms with Gasteiger partial charge in [-0.05, 0) is 41.8 Å². The lowest BCUT2D eigenvalue weighted by Gasteiger charge is -2.10. The van der Waals surface area contributed by atoms with Crippen molar-refractivity contribution < 1.29 is 9.90 Å². The number of hydrogen-bond donors (Lipinski definition) is 1. The summed E-state index contributed by atoms with van der Waals surface area (Å²) in [6.45, 7) is 1.70. The largest absolute Gasteiger partial charge is 0.478 e. The summed E-state index contributed by atoms with van der Waals surface area (Å²) in [5.41, 5.74) is 2.24. The molecule has 0 spiro atoms. The molecule has 4 heteroatoms. The Hall–Kier alpha value is -1.51. The van der Waals surface area contributed by atoms with Gasteiger partial charge in [0.25, 0.3) is 0 Å². The highest BCUT2D eigenvalue weighted by molar-refractivity contribution is 6.32. The summed E-state index contributed by atoms with van der Waals surface area (Å²) < 4.78 is 0. The lowest BCUT2D eigenvalue weighted by Crippen LogP contribution is -2.03. The highest BCUT2D eigenvalue weighted by Gasteiger charge is 2.16. The van der Waals surface area contributed by atoms with Crippen LogP contribution in [0.15, 0.2) is 36.4 Å². The topological polar surface area (TPSA) is 37.3 Å². The standard InChI is InChI=1S/C14H10Cl2O2/c1-8-12(16)7-6-11(13(8)14(17)18)9-2-4-10(15)5-3-9/h2-7H,1H3,(H,17,18). The molecule has 2 aromatic rings. The fourth-order valence-corrected chi connectivity index (χ4v) is 2.12. The van der Waals surface area contributed by atoms with Crippen molar-refractivity contribution in [3.63, 3.8) is 0 Å². The van der Waals surface area contributed by atoms with E-state index in [0.29, 0.717) is 21.2 Å². The Bertz CT molecular complexity index is 604. The van der Waals surface area contributed by atoms with Crippen LogP contribution in [0.1, 0.15) is 15.9 Å². The lowest BCUT2D eigenvalue weighted by molar-refractivity contribution is 0.0697. The van der Waals surface area contributed by atoms with Gasteiger partial charge in [-0.3, -0.25) is 0 Å². The minimum Gasteiger partial charge on any atom is -0.478 e. The number of hydrogen-bond acceptors (Lipinski definition) is 1. The summed E-state index contributed by atoms with van der Waals surface area (Å²) in [6.07, 6.45) is 0. The Balaban J connectivity index is 2.68. The van der Waals surface area contributed by atoms with E-state index in [1.54, 1.807) is 43.3 Å². The van der Waals surface area contributed by atoms with Crippen molar-refractivity contribution in [3.05, 3.63) is 57.6 Å². The maximum absolute atomic E-state index is 11.4. The van der Waals surface area contributed by atoms with E-state index in [4.69, 9.17) is 23.2 Å². The predicted octanol–water partition coefficient (Wildman–Crippen LogP) is 4.67. The second-order valence-corrected chi connectivity index (χ2v) is 4.75. The van der Waals surface area contributed by atoms with Crippen LogP contribution >= 0.6 is 23.2 Å². The van der Waals surface area contributed by atoms with Gasteiger partial charge in [0.1, 0.15) is 0 Å². The minimum atomic E-state index is -0.986. The molecule has 0 aromatic heterocycles. The SMILES string of the molecule is Cc1c(Cl)ccc(-c2ccc(Cl)cc2)c1C(=O)O. The van der Waals surface area contributed by atoms with Crippen LogP contribution in [-0.4, -0.2) is 11.1 Å². The molecule has 92 valence electrons. The number of halogens is 2. The van der Waals surface area contributed by atoms with E-state index in [1.807, 2.05) is 0 Å². The molecule has 2 aromatic carbocycles. The molecule has 2 rings (SSSR count). The molecule has 2 nitrogen and oxygen atoms in total. The summed E-state index contributed by atoms with van der Waals surface area (Å²) in [4.78, 5) is 11.4. The van der Waals surface area contributed by atoms with E-state index < -0.39 is 5.97 Å². The van der Waals surface area contributed by atoms with Crippen molar-refractivity contribution in [1.29, 1.82) is 0 Å². The third-order valence-corrected chi connectivity index (χ3v) is 3.43. The molecule has 0 aliphatic rings. The molecule has 0 heterocycles. The molecule has 0 saturated heterocycles. The van der Waals surface area contributed by atoms with Crippen molar-refractivity contribution in [2.24, 2.45) is 0 Å². The van der Waals surface area contributed by atoms with Gasteiger partial charge in [-0.25, -0.2) is 4.79 Å². The van der Waals surface area contributed by atoms with Gasteiger partial charge in [0, 0.05) is 10.0 Å². The van der Waals surface area contributed by atoms with Crippen molar-refractivity contribution in [2.75, 3.05) is 0 Å². The number of carboxylic acid groups (broad SMARTS) is 1. The fraction of sp³-hybridized carbons (Fsp3) is 0.0714. The van der Waals surface area contributed by atoms with E-state index >= 15 is 0 Å². The van der Waals surface area contributed by atoms with Gasteiger partial charge in [-0.15, -0.1) is 0 Å². The van der Waals surface area contributed by atoms with Crippen molar-refractivity contribution in [1.82, 2.24) is 0 Å². The van der Waals surface area contributed by atoms with E-state index in [-0.39, 0.29) is 5.56 Å². The summed E-state index contributed by atoms with van der Waals surface area (Å²) in [7, 11) is 0. The Morgan fingerprint density at radius 3 is 2.22 bits per heavy atom. The lowest BCUT2D eigenvalue weighted by atomic mass is 9.96. The fourth-order valence-electron chi connectivity index (χ4n) is 1.83. The highest BCUT2D eigenvalue weighted by Crippen LogP contribution is 2.31. The van der Waals surface area contributed by atoms with Crippen molar-refractivity contribution in [3.8, 4) is 11.1 Å². The molecular weight excluding hydrogens is 271 g/mol. The molecule has 18 heavy (non-hydrogen) atoms. The molecule has 0 atom stereocenters. The maximum Gasteiger partial charge on any atom is 0.336 e. The quantitative estimate of drug-likeness (QED) is 0.868. The number of benzene rings is 2. The van der Waals surface area contributed by atoms with E-state index in [9.17, 15) is 9.90 Å². The Labute approximate surface area is 115 Å². The van der Waals surface area contributed by atoms with Crippen LogP contribution in [-0.2, 0) is 0 Å². The normalized spacial score (nSPS) is 10.4. The minimum absolute atomic E-state index is 0.227. The second kappa shape index (κ2) is 5.01. The van der Waals surface area contributed by atoms with Crippen LogP contribution < -0.4 is 0 Å². The summed E-state index contributed by atoms with van der Waals surface area (Å²) in [6, 6.07) is 10.4. The Kier molecular flexibility index (Phi) is 3.60. The summed E-state index contributed by atoms with van der Waals surface area (Å²) >= 11 is 11.8. The predicted molar refractivity (Wildman–Crippen MR) is 73.6 cm³/mol. The third-order valence-electron chi connectivity index (χ3n) is 2.77. The van der Waals surface area contributed by atoms with Gasteiger partial charge in [0.15, 0.2) is 0 Å². The van der Waals surface area contributed by atoms with Crippen LogP contribution in [0.25, 0.3) is 11.1 Å². The number of aromatic carboxylic acids is 1. The van der Waals surface area contributed by atoms with E-state index in [0.717, 1.165) is 5.56 Å². The zero-order valence-electron chi connectivity index (χ0n) is 9.58. The second-order valence-electron chi connectivity index (χ2n) is 3.91. The first kappa shape index (κ1) is 12.9. The molecule has 0 radical (unpaired) electrons. The van der Waals surface area contributed by atoms with E-state index in [1.165, 1.54) is 0 Å². The third kappa shape index (κ3) is 2.35. The first-order chi connectivity index (χ1) is 8.50. The van der Waals surface area contributed by atoms with Gasteiger partial charge < -0.3 is 5.11 Å². The Morgan fingerprint density at radius 1 is 1.06 bits per heavy atom. The van der Waals surface area contributed by atoms with Gasteiger partial charge in [0.05, 0.1) is 5.56 Å². The maximum atomic E-state index is 11.4. The summed E-state index contributed by atoms with van der Waals surface area (Å²) in [5.74, 6) is -0.986. The molecule has 0 unspecified atom stereocenters. The molecule has 1 N–H and O–H groups in total. The van der Waals surface area contributed by atoms with Crippen LogP contribution in [0.2, 0.25) is 10.0 Å². The van der Waals surface area contributed by atoms with Crippen molar-refractivity contribution >= 4 is 29.2 Å². The zero-order valence-corrected chi connectivity index (χ0v) is 11.1. The van der Waals surface area contributed by atoms with Gasteiger partial charge in [0.2, 0.25) is 0 Å². The van der Waals surface area contributed by atoms with Gasteiger partial charge >= 0.3 is 5.97 Å². The first-order valence-corrected chi connectivity index (χ1v) is 6.04. The van der Waals surface area contributed by atoms with Crippen LogP contribution in [0.5, 0.6) is 0 Å². The first-order valence-electron chi connectivity index (χ1n) is 5.29. The Morgan fingerprint density at radius 2 is 1.67 bits per heavy atom. The van der Waals surface area contributed by atoms with Crippen LogP contribution in [0, 0.1) is 6.92 Å². The number of carboxylic acids is 1. The molecule has 0 aliphatic carbocycles. The number of rotatable bonds is 2. The molecule has 0 saturated carbocycles. The molecular formula is C14H10Cl2O2. The zero-order chi connectivity index (χ0) is 13.3. The molecule has 0 amide bonds.